The van der Waals surface area contributed by atoms with Crippen LogP contribution < -0.4 is 15.5 Å². The predicted octanol–water partition coefficient (Wildman–Crippen LogP) is 2.20. The number of anilines is 2. The summed E-state index contributed by atoms with van der Waals surface area (Å²) in [5.41, 5.74) is 2.20. The molecule has 0 amide bonds. The van der Waals surface area contributed by atoms with E-state index in [0.29, 0.717) is 6.04 Å². The molecule has 0 unspecified atom stereocenters. The fraction of sp³-hybridized carbons (Fsp3) is 0.417. The Hall–Kier alpha value is -1.29. The highest BCUT2D eigenvalue weighted by Gasteiger charge is 2.21. The largest absolute Gasteiger partial charge is 0.378 e. The van der Waals surface area contributed by atoms with Crippen LogP contribution in [-0.4, -0.2) is 25.2 Å². The molecular weight excluding hydrogens is 218 g/mol. The Morgan fingerprint density at radius 2 is 2.12 bits per heavy atom. The second-order valence-electron chi connectivity index (χ2n) is 4.32. The lowest BCUT2D eigenvalue weighted by Crippen LogP contribution is -2.30. The van der Waals surface area contributed by atoms with Crippen molar-refractivity contribution in [2.24, 2.45) is 0 Å². The van der Waals surface area contributed by atoms with Gasteiger partial charge in [-0.15, -0.1) is 0 Å². The molecule has 4 heteroatoms. The molecule has 86 valence electrons. The average Bonchev–Trinajstić information content (AvgIpc) is 3.01. The zero-order valence-electron chi connectivity index (χ0n) is 9.66. The van der Waals surface area contributed by atoms with E-state index in [-0.39, 0.29) is 0 Å². The maximum Gasteiger partial charge on any atom is 0.170 e. The van der Waals surface area contributed by atoms with E-state index in [1.807, 2.05) is 26.2 Å². The summed E-state index contributed by atoms with van der Waals surface area (Å²) in [6, 6.07) is 8.80. The van der Waals surface area contributed by atoms with Gasteiger partial charge in [-0.05, 0) is 43.3 Å². The van der Waals surface area contributed by atoms with E-state index in [4.69, 9.17) is 12.2 Å². The lowest BCUT2D eigenvalue weighted by atomic mass is 10.2. The Morgan fingerprint density at radius 1 is 1.38 bits per heavy atom. The van der Waals surface area contributed by atoms with Gasteiger partial charge >= 0.3 is 0 Å². The lowest BCUT2D eigenvalue weighted by Gasteiger charge is -2.15. The third kappa shape index (κ3) is 3.10. The second-order valence-corrected chi connectivity index (χ2v) is 4.73. The summed E-state index contributed by atoms with van der Waals surface area (Å²) in [7, 11) is 4.06. The number of thiocarbonyl (C=S) groups is 1. The van der Waals surface area contributed by atoms with E-state index >= 15 is 0 Å². The Labute approximate surface area is 102 Å². The summed E-state index contributed by atoms with van der Waals surface area (Å²) in [6.07, 6.45) is 2.47. The topological polar surface area (TPSA) is 27.3 Å². The molecule has 1 fully saturated rings. The molecule has 1 aliphatic carbocycles. The molecule has 16 heavy (non-hydrogen) atoms. The van der Waals surface area contributed by atoms with Gasteiger partial charge in [0.2, 0.25) is 0 Å². The highest BCUT2D eigenvalue weighted by atomic mass is 32.1. The first-order valence-corrected chi connectivity index (χ1v) is 5.91. The van der Waals surface area contributed by atoms with E-state index in [0.717, 1.165) is 10.8 Å². The zero-order valence-corrected chi connectivity index (χ0v) is 10.5. The van der Waals surface area contributed by atoms with Gasteiger partial charge in [0.05, 0.1) is 0 Å². The second kappa shape index (κ2) is 4.70. The molecule has 2 N–H and O–H groups in total. The van der Waals surface area contributed by atoms with Crippen LogP contribution in [0.2, 0.25) is 0 Å². The quantitative estimate of drug-likeness (QED) is 0.785. The molecule has 3 nitrogen and oxygen atoms in total. The molecule has 0 aliphatic heterocycles. The van der Waals surface area contributed by atoms with Gasteiger partial charge in [0.1, 0.15) is 0 Å². The molecule has 1 saturated carbocycles. The van der Waals surface area contributed by atoms with E-state index < -0.39 is 0 Å². The van der Waals surface area contributed by atoms with Crippen LogP contribution in [0.1, 0.15) is 12.8 Å². The number of rotatable bonds is 3. The lowest BCUT2D eigenvalue weighted by molar-refractivity contribution is 0.919. The molecule has 1 aromatic rings. The van der Waals surface area contributed by atoms with Crippen molar-refractivity contribution in [2.75, 3.05) is 24.3 Å². The van der Waals surface area contributed by atoms with Gasteiger partial charge in [0.15, 0.2) is 5.11 Å². The fourth-order valence-corrected chi connectivity index (χ4v) is 1.73. The Kier molecular flexibility index (Phi) is 3.29. The Balaban J connectivity index is 1.97. The monoisotopic (exact) mass is 235 g/mol. The summed E-state index contributed by atoms with van der Waals surface area (Å²) < 4.78 is 0. The maximum atomic E-state index is 5.23. The first-order valence-electron chi connectivity index (χ1n) is 5.50. The number of benzene rings is 1. The van der Waals surface area contributed by atoms with E-state index in [1.165, 1.54) is 18.5 Å². The van der Waals surface area contributed by atoms with Crippen molar-refractivity contribution in [3.05, 3.63) is 24.3 Å². The predicted molar refractivity (Wildman–Crippen MR) is 73.1 cm³/mol. The molecule has 0 radical (unpaired) electrons. The van der Waals surface area contributed by atoms with Crippen molar-refractivity contribution >= 4 is 28.7 Å². The van der Waals surface area contributed by atoms with Crippen molar-refractivity contribution < 1.29 is 0 Å². The fourth-order valence-electron chi connectivity index (χ4n) is 1.44. The van der Waals surface area contributed by atoms with Gasteiger partial charge in [-0.2, -0.15) is 0 Å². The number of hydrogen-bond donors (Lipinski definition) is 2. The summed E-state index contributed by atoms with van der Waals surface area (Å²) in [5, 5.41) is 7.18. The molecule has 2 rings (SSSR count). The van der Waals surface area contributed by atoms with E-state index in [9.17, 15) is 0 Å². The molecule has 1 aromatic carbocycles. The Morgan fingerprint density at radius 3 is 2.75 bits per heavy atom. The highest BCUT2D eigenvalue weighted by molar-refractivity contribution is 7.80. The van der Waals surface area contributed by atoms with Crippen molar-refractivity contribution in [3.63, 3.8) is 0 Å². The van der Waals surface area contributed by atoms with Crippen LogP contribution in [0, 0.1) is 0 Å². The molecule has 0 aromatic heterocycles. The standard InChI is InChI=1S/C12H17N3S/c1-15(2)11-5-3-4-10(8-11)14-12(16)13-9-6-7-9/h3-5,8-9H,6-7H2,1-2H3,(H2,13,14,16). The van der Waals surface area contributed by atoms with Crippen molar-refractivity contribution in [3.8, 4) is 0 Å². The van der Waals surface area contributed by atoms with E-state index in [2.05, 4.69) is 27.7 Å². The van der Waals surface area contributed by atoms with Gasteiger partial charge in [-0.3, -0.25) is 0 Å². The van der Waals surface area contributed by atoms with Gasteiger partial charge < -0.3 is 15.5 Å². The van der Waals surface area contributed by atoms with Crippen LogP contribution in [0.5, 0.6) is 0 Å². The summed E-state index contributed by atoms with van der Waals surface area (Å²) in [6.45, 7) is 0. The summed E-state index contributed by atoms with van der Waals surface area (Å²) in [5.74, 6) is 0. The van der Waals surface area contributed by atoms with Gasteiger partial charge in [0, 0.05) is 31.5 Å². The average molecular weight is 235 g/mol. The smallest absolute Gasteiger partial charge is 0.170 e. The van der Waals surface area contributed by atoms with Crippen LogP contribution in [0.3, 0.4) is 0 Å². The first-order chi connectivity index (χ1) is 7.65. The molecule has 0 bridgehead atoms. The number of hydrogen-bond acceptors (Lipinski definition) is 2. The molecule has 0 atom stereocenters. The van der Waals surface area contributed by atoms with Gasteiger partial charge in [-0.25, -0.2) is 0 Å². The van der Waals surface area contributed by atoms with Crippen LogP contribution in [0.4, 0.5) is 11.4 Å². The molecule has 1 aliphatic rings. The third-order valence-corrected chi connectivity index (χ3v) is 2.75. The molecule has 0 spiro atoms. The molecular formula is C12H17N3S. The minimum absolute atomic E-state index is 0.594. The minimum atomic E-state index is 0.594. The van der Waals surface area contributed by atoms with Crippen molar-refractivity contribution in [2.45, 2.75) is 18.9 Å². The summed E-state index contributed by atoms with van der Waals surface area (Å²) in [4.78, 5) is 2.07. The van der Waals surface area contributed by atoms with Crippen LogP contribution in [0.25, 0.3) is 0 Å². The zero-order chi connectivity index (χ0) is 11.5. The minimum Gasteiger partial charge on any atom is -0.378 e. The van der Waals surface area contributed by atoms with Gasteiger partial charge in [0.25, 0.3) is 0 Å². The normalized spacial score (nSPS) is 14.4. The van der Waals surface area contributed by atoms with Crippen LogP contribution >= 0.6 is 12.2 Å². The SMILES string of the molecule is CN(C)c1cccc(NC(=S)NC2CC2)c1. The molecule has 0 heterocycles. The van der Waals surface area contributed by atoms with Crippen molar-refractivity contribution in [1.82, 2.24) is 5.32 Å². The molecule has 0 saturated heterocycles. The van der Waals surface area contributed by atoms with E-state index in [1.54, 1.807) is 0 Å². The number of nitrogens with one attached hydrogen (secondary N) is 2. The van der Waals surface area contributed by atoms with Crippen molar-refractivity contribution in [1.29, 1.82) is 0 Å². The van der Waals surface area contributed by atoms with Crippen LogP contribution in [-0.2, 0) is 0 Å². The maximum absolute atomic E-state index is 5.23. The Bertz CT molecular complexity index is 386. The third-order valence-electron chi connectivity index (χ3n) is 2.53. The highest BCUT2D eigenvalue weighted by Crippen LogP contribution is 2.20. The summed E-state index contributed by atoms with van der Waals surface area (Å²) >= 11 is 5.23. The van der Waals surface area contributed by atoms with Gasteiger partial charge in [-0.1, -0.05) is 6.07 Å². The number of nitrogens with zero attached hydrogens (tertiary/aromatic N) is 1. The van der Waals surface area contributed by atoms with Crippen LogP contribution in [0.15, 0.2) is 24.3 Å². The first kappa shape index (κ1) is 11.2.